The fourth-order valence-electron chi connectivity index (χ4n) is 3.95. The van der Waals surface area contributed by atoms with Crippen LogP contribution in [0.4, 0.5) is 0 Å². The lowest BCUT2D eigenvalue weighted by molar-refractivity contribution is 0.0767. The number of hydrogen-bond donors (Lipinski definition) is 3. The van der Waals surface area contributed by atoms with Crippen LogP contribution < -0.4 is 11.2 Å². The van der Waals surface area contributed by atoms with Crippen molar-refractivity contribution in [1.82, 2.24) is 29.8 Å². The maximum atomic E-state index is 13.0. The minimum Gasteiger partial charge on any atom is -0.346 e. The first kappa shape index (κ1) is 18.0. The Bertz CT molecular complexity index is 1460. The van der Waals surface area contributed by atoms with E-state index in [9.17, 15) is 14.4 Å². The summed E-state index contributed by atoms with van der Waals surface area (Å²) in [6.07, 6.45) is 6.44. The van der Waals surface area contributed by atoms with Gasteiger partial charge in [-0.05, 0) is 42.7 Å². The molecule has 1 amide bonds. The van der Waals surface area contributed by atoms with Crippen LogP contribution in [0.15, 0.2) is 46.3 Å². The standard InChI is InChI=1S/C21H18N6O3/c1-11-9-15(24-18-16(11)19(28)26-21(30)25-18)20(29)27-7-4-12(5-8-27)14-10-23-17-13(14)3-2-6-22-17/h2-4,6,9-10H,5,7-8H2,1H3,(H,22,23)(H2,24,25,26,28,30). The van der Waals surface area contributed by atoms with E-state index in [4.69, 9.17) is 0 Å². The Kier molecular flexibility index (Phi) is 4.09. The summed E-state index contributed by atoms with van der Waals surface area (Å²) in [4.78, 5) is 54.7. The number of hydrogen-bond acceptors (Lipinski definition) is 5. The van der Waals surface area contributed by atoms with Crippen LogP contribution in [0.3, 0.4) is 0 Å². The Labute approximate surface area is 169 Å². The highest BCUT2D eigenvalue weighted by molar-refractivity contribution is 5.96. The van der Waals surface area contributed by atoms with E-state index in [0.29, 0.717) is 25.1 Å². The molecule has 0 radical (unpaired) electrons. The number of pyridine rings is 2. The van der Waals surface area contributed by atoms with Gasteiger partial charge in [0.15, 0.2) is 0 Å². The molecule has 0 bridgehead atoms. The van der Waals surface area contributed by atoms with E-state index in [2.05, 4.69) is 24.9 Å². The Morgan fingerprint density at radius 2 is 2.07 bits per heavy atom. The van der Waals surface area contributed by atoms with Gasteiger partial charge in [0.1, 0.15) is 17.0 Å². The summed E-state index contributed by atoms with van der Waals surface area (Å²) in [7, 11) is 0. The molecule has 0 atom stereocenters. The summed E-state index contributed by atoms with van der Waals surface area (Å²) in [5.74, 6) is -0.239. The maximum absolute atomic E-state index is 13.0. The number of rotatable bonds is 2. The van der Waals surface area contributed by atoms with Crippen LogP contribution in [-0.2, 0) is 0 Å². The van der Waals surface area contributed by atoms with E-state index in [-0.39, 0.29) is 22.6 Å². The highest BCUT2D eigenvalue weighted by atomic mass is 16.2. The second-order valence-electron chi connectivity index (χ2n) is 7.29. The van der Waals surface area contributed by atoms with E-state index < -0.39 is 11.2 Å². The Hall–Kier alpha value is -4.01. The highest BCUT2D eigenvalue weighted by Gasteiger charge is 2.23. The largest absolute Gasteiger partial charge is 0.346 e. The third-order valence-corrected chi connectivity index (χ3v) is 5.42. The van der Waals surface area contributed by atoms with Gasteiger partial charge in [-0.15, -0.1) is 0 Å². The minimum absolute atomic E-state index is 0.117. The SMILES string of the molecule is Cc1cc(C(=O)N2CC=C(c3c[nH]c4ncccc34)CC2)nc2[nH]c(=O)[nH]c(=O)c12. The lowest BCUT2D eigenvalue weighted by Gasteiger charge is -2.26. The van der Waals surface area contributed by atoms with E-state index in [1.165, 1.54) is 0 Å². The molecule has 9 heteroatoms. The summed E-state index contributed by atoms with van der Waals surface area (Å²) in [5.41, 5.74) is 2.84. The number of amides is 1. The van der Waals surface area contributed by atoms with E-state index >= 15 is 0 Å². The van der Waals surface area contributed by atoms with Gasteiger partial charge in [0, 0.05) is 36.4 Å². The molecule has 3 N–H and O–H groups in total. The number of fused-ring (bicyclic) bond motifs is 2. The van der Waals surface area contributed by atoms with E-state index in [1.807, 2.05) is 24.4 Å². The van der Waals surface area contributed by atoms with Gasteiger partial charge in [0.05, 0.1) is 5.39 Å². The third-order valence-electron chi connectivity index (χ3n) is 5.42. The number of carbonyl (C=O) groups is 1. The summed E-state index contributed by atoms with van der Waals surface area (Å²) in [6, 6.07) is 5.52. The lowest BCUT2D eigenvalue weighted by atomic mass is 9.99. The zero-order chi connectivity index (χ0) is 20.8. The molecular formula is C21H18N6O3. The van der Waals surface area contributed by atoms with Gasteiger partial charge in [-0.3, -0.25) is 19.6 Å². The van der Waals surface area contributed by atoms with Crippen LogP contribution >= 0.6 is 0 Å². The first-order valence-corrected chi connectivity index (χ1v) is 9.56. The van der Waals surface area contributed by atoms with Crippen molar-refractivity contribution in [2.75, 3.05) is 13.1 Å². The molecular weight excluding hydrogens is 384 g/mol. The van der Waals surface area contributed by atoms with Gasteiger partial charge >= 0.3 is 5.69 Å². The predicted octanol–water partition coefficient (Wildman–Crippen LogP) is 1.73. The molecule has 1 aliphatic rings. The molecule has 1 aliphatic heterocycles. The monoisotopic (exact) mass is 402 g/mol. The molecule has 4 aromatic rings. The fourth-order valence-corrected chi connectivity index (χ4v) is 3.95. The summed E-state index contributed by atoms with van der Waals surface area (Å²) in [6.45, 7) is 2.71. The highest BCUT2D eigenvalue weighted by Crippen LogP contribution is 2.28. The average molecular weight is 402 g/mol. The van der Waals surface area contributed by atoms with Crippen LogP contribution in [-0.4, -0.2) is 48.8 Å². The molecule has 9 nitrogen and oxygen atoms in total. The number of carbonyl (C=O) groups excluding carboxylic acids is 1. The average Bonchev–Trinajstić information content (AvgIpc) is 3.16. The van der Waals surface area contributed by atoms with Crippen molar-refractivity contribution >= 4 is 33.5 Å². The first-order valence-electron chi connectivity index (χ1n) is 9.56. The number of H-pyrrole nitrogens is 3. The van der Waals surface area contributed by atoms with E-state index in [0.717, 1.165) is 22.2 Å². The molecule has 0 saturated carbocycles. The summed E-state index contributed by atoms with van der Waals surface area (Å²) < 4.78 is 0. The van der Waals surface area contributed by atoms with Gasteiger partial charge in [-0.1, -0.05) is 6.08 Å². The van der Waals surface area contributed by atoms with Crippen LogP contribution in [0.1, 0.15) is 28.0 Å². The van der Waals surface area contributed by atoms with Crippen LogP contribution in [0, 0.1) is 6.92 Å². The van der Waals surface area contributed by atoms with Gasteiger partial charge < -0.3 is 9.88 Å². The number of nitrogens with zero attached hydrogens (tertiary/aromatic N) is 3. The number of nitrogens with one attached hydrogen (secondary N) is 3. The Morgan fingerprint density at radius 1 is 1.20 bits per heavy atom. The smallest absolute Gasteiger partial charge is 0.327 e. The molecule has 0 unspecified atom stereocenters. The molecule has 0 saturated heterocycles. The topological polar surface area (TPSA) is 128 Å². The fraction of sp³-hybridized carbons (Fsp3) is 0.190. The van der Waals surface area contributed by atoms with Crippen LogP contribution in [0.5, 0.6) is 0 Å². The second kappa shape index (κ2) is 6.80. The van der Waals surface area contributed by atoms with Crippen molar-refractivity contribution in [3.05, 3.63) is 74.3 Å². The van der Waals surface area contributed by atoms with Gasteiger partial charge in [0.2, 0.25) is 0 Å². The van der Waals surface area contributed by atoms with Crippen molar-refractivity contribution in [3.63, 3.8) is 0 Å². The van der Waals surface area contributed by atoms with Gasteiger partial charge in [-0.2, -0.15) is 0 Å². The van der Waals surface area contributed by atoms with Crippen molar-refractivity contribution in [3.8, 4) is 0 Å². The van der Waals surface area contributed by atoms with Crippen molar-refractivity contribution in [2.24, 2.45) is 0 Å². The molecule has 0 fully saturated rings. The van der Waals surface area contributed by atoms with Gasteiger partial charge in [-0.25, -0.2) is 14.8 Å². The predicted molar refractivity (Wildman–Crippen MR) is 112 cm³/mol. The lowest BCUT2D eigenvalue weighted by Crippen LogP contribution is -2.35. The molecule has 5 heterocycles. The van der Waals surface area contributed by atoms with Crippen molar-refractivity contribution < 1.29 is 4.79 Å². The molecule has 0 aliphatic carbocycles. The van der Waals surface area contributed by atoms with Crippen molar-refractivity contribution in [2.45, 2.75) is 13.3 Å². The second-order valence-corrected chi connectivity index (χ2v) is 7.29. The molecule has 0 spiro atoms. The van der Waals surface area contributed by atoms with Crippen molar-refractivity contribution in [1.29, 1.82) is 0 Å². The molecule has 150 valence electrons. The number of aromatic amines is 3. The zero-order valence-electron chi connectivity index (χ0n) is 16.2. The number of aromatic nitrogens is 5. The third kappa shape index (κ3) is 2.91. The summed E-state index contributed by atoms with van der Waals surface area (Å²) >= 11 is 0. The molecule has 30 heavy (non-hydrogen) atoms. The summed E-state index contributed by atoms with van der Waals surface area (Å²) in [5, 5.41) is 1.34. The normalized spacial score (nSPS) is 14.3. The molecule has 5 rings (SSSR count). The Morgan fingerprint density at radius 3 is 2.87 bits per heavy atom. The number of aryl methyl sites for hydroxylation is 1. The zero-order valence-corrected chi connectivity index (χ0v) is 16.2. The van der Waals surface area contributed by atoms with E-state index in [1.54, 1.807) is 24.1 Å². The first-order chi connectivity index (χ1) is 14.5. The van der Waals surface area contributed by atoms with Crippen LogP contribution in [0.2, 0.25) is 0 Å². The van der Waals surface area contributed by atoms with Gasteiger partial charge in [0.25, 0.3) is 11.5 Å². The van der Waals surface area contributed by atoms with Crippen LogP contribution in [0.25, 0.3) is 27.6 Å². The molecule has 0 aromatic carbocycles. The minimum atomic E-state index is -0.650. The maximum Gasteiger partial charge on any atom is 0.327 e. The molecule has 4 aromatic heterocycles. The quantitative estimate of drug-likeness (QED) is 0.470. The Balaban J connectivity index is 1.44.